The summed E-state index contributed by atoms with van der Waals surface area (Å²) in [5.41, 5.74) is 8.42. The number of hydrogen-bond donors (Lipinski definition) is 1. The van der Waals surface area contributed by atoms with E-state index in [0.29, 0.717) is 10.8 Å². The number of aryl methyl sites for hydroxylation is 3. The van der Waals surface area contributed by atoms with Gasteiger partial charge in [0.1, 0.15) is 5.82 Å². The molecule has 178 valence electrons. The van der Waals surface area contributed by atoms with Crippen LogP contribution in [0.25, 0.3) is 5.69 Å². The zero-order chi connectivity index (χ0) is 24.7. The Balaban J connectivity index is 1.73. The minimum atomic E-state index is -0.302. The monoisotopic (exact) mass is 484 g/mol. The lowest BCUT2D eigenvalue weighted by atomic mass is 9.96. The largest absolute Gasteiger partial charge is 0.351 e. The summed E-state index contributed by atoms with van der Waals surface area (Å²) in [4.78, 5) is 6.54. The fourth-order valence-corrected chi connectivity index (χ4v) is 5.67. The van der Waals surface area contributed by atoms with Crippen molar-refractivity contribution in [2.24, 2.45) is 0 Å². The van der Waals surface area contributed by atoms with Gasteiger partial charge in [0.2, 0.25) is 0 Å². The third-order valence-corrected chi connectivity index (χ3v) is 7.24. The number of aromatic nitrogens is 2. The van der Waals surface area contributed by atoms with Crippen molar-refractivity contribution >= 4 is 23.0 Å². The number of thiocarbonyl (C=S) groups is 1. The molecule has 3 heterocycles. The third-order valence-electron chi connectivity index (χ3n) is 6.92. The Kier molecular flexibility index (Phi) is 6.15. The molecule has 2 atom stereocenters. The van der Waals surface area contributed by atoms with Gasteiger partial charge in [0.25, 0.3) is 0 Å². The van der Waals surface area contributed by atoms with Gasteiger partial charge < -0.3 is 14.8 Å². The van der Waals surface area contributed by atoms with E-state index in [-0.39, 0.29) is 17.9 Å². The lowest BCUT2D eigenvalue weighted by molar-refractivity contribution is 0.556. The number of para-hydroxylation sites is 2. The maximum Gasteiger partial charge on any atom is 0.174 e. The summed E-state index contributed by atoms with van der Waals surface area (Å²) in [5.74, 6) is -0.302. The molecule has 35 heavy (non-hydrogen) atoms. The van der Waals surface area contributed by atoms with Gasteiger partial charge in [-0.1, -0.05) is 43.3 Å². The average Bonchev–Trinajstić information content (AvgIpc) is 3.35. The van der Waals surface area contributed by atoms with E-state index in [1.807, 2.05) is 29.2 Å². The minimum Gasteiger partial charge on any atom is -0.351 e. The molecule has 1 aliphatic rings. The Morgan fingerprint density at radius 1 is 1.00 bits per heavy atom. The van der Waals surface area contributed by atoms with E-state index >= 15 is 4.39 Å². The topological polar surface area (TPSA) is 33.1 Å². The number of pyridine rings is 1. The summed E-state index contributed by atoms with van der Waals surface area (Å²) < 4.78 is 17.4. The number of hydrogen-bond acceptors (Lipinski definition) is 2. The van der Waals surface area contributed by atoms with Gasteiger partial charge in [-0.3, -0.25) is 4.98 Å². The van der Waals surface area contributed by atoms with E-state index in [1.54, 1.807) is 18.3 Å². The molecule has 5 rings (SSSR count). The van der Waals surface area contributed by atoms with E-state index in [0.717, 1.165) is 29.1 Å². The molecule has 0 bridgehead atoms. The molecule has 4 nitrogen and oxygen atoms in total. The Hall–Kier alpha value is -3.51. The highest BCUT2D eigenvalue weighted by Gasteiger charge is 2.43. The number of nitrogens with zero attached hydrogens (tertiary/aromatic N) is 3. The summed E-state index contributed by atoms with van der Waals surface area (Å²) in [6.07, 6.45) is 2.73. The van der Waals surface area contributed by atoms with E-state index in [1.165, 1.54) is 22.9 Å². The van der Waals surface area contributed by atoms with Gasteiger partial charge in [0.15, 0.2) is 5.11 Å². The predicted molar refractivity (Wildman–Crippen MR) is 144 cm³/mol. The van der Waals surface area contributed by atoms with Crippen molar-refractivity contribution in [2.45, 2.75) is 46.2 Å². The molecule has 4 aromatic rings. The van der Waals surface area contributed by atoms with Crippen molar-refractivity contribution in [3.05, 3.63) is 113 Å². The van der Waals surface area contributed by atoms with Crippen LogP contribution in [0.2, 0.25) is 0 Å². The molecule has 1 saturated heterocycles. The van der Waals surface area contributed by atoms with Crippen molar-refractivity contribution in [2.75, 3.05) is 4.90 Å². The second kappa shape index (κ2) is 9.27. The second-order valence-electron chi connectivity index (χ2n) is 9.05. The van der Waals surface area contributed by atoms with Gasteiger partial charge in [-0.2, -0.15) is 0 Å². The van der Waals surface area contributed by atoms with Gasteiger partial charge >= 0.3 is 0 Å². The Morgan fingerprint density at radius 2 is 1.77 bits per heavy atom. The molecule has 0 radical (unpaired) electrons. The first-order valence-electron chi connectivity index (χ1n) is 11.9. The zero-order valence-electron chi connectivity index (χ0n) is 20.4. The number of nitrogens with one attached hydrogen (secondary N) is 1. The molecule has 0 aliphatic carbocycles. The lowest BCUT2D eigenvalue weighted by Gasteiger charge is -2.28. The van der Waals surface area contributed by atoms with Gasteiger partial charge in [0, 0.05) is 17.6 Å². The third kappa shape index (κ3) is 3.92. The Bertz CT molecular complexity index is 1400. The Morgan fingerprint density at radius 3 is 2.49 bits per heavy atom. The molecule has 0 spiro atoms. The van der Waals surface area contributed by atoms with Crippen molar-refractivity contribution in [3.63, 3.8) is 0 Å². The van der Waals surface area contributed by atoms with E-state index in [4.69, 9.17) is 12.2 Å². The molecule has 1 fully saturated rings. The van der Waals surface area contributed by atoms with E-state index in [9.17, 15) is 0 Å². The van der Waals surface area contributed by atoms with Crippen LogP contribution >= 0.6 is 12.2 Å². The zero-order valence-corrected chi connectivity index (χ0v) is 21.2. The minimum absolute atomic E-state index is 0.222. The quantitative estimate of drug-likeness (QED) is 0.321. The smallest absolute Gasteiger partial charge is 0.174 e. The van der Waals surface area contributed by atoms with Crippen LogP contribution in [-0.2, 0) is 6.42 Å². The number of benzene rings is 2. The van der Waals surface area contributed by atoms with Crippen LogP contribution in [0.5, 0.6) is 0 Å². The lowest BCUT2D eigenvalue weighted by Crippen LogP contribution is -2.30. The molecule has 0 saturated carbocycles. The van der Waals surface area contributed by atoms with Crippen LogP contribution in [0, 0.1) is 26.6 Å². The predicted octanol–water partition coefficient (Wildman–Crippen LogP) is 6.68. The average molecular weight is 485 g/mol. The second-order valence-corrected chi connectivity index (χ2v) is 9.43. The van der Waals surface area contributed by atoms with Gasteiger partial charge in [0.05, 0.1) is 29.2 Å². The first-order valence-corrected chi connectivity index (χ1v) is 12.4. The van der Waals surface area contributed by atoms with Crippen LogP contribution < -0.4 is 10.2 Å². The number of anilines is 1. The van der Waals surface area contributed by atoms with Crippen molar-refractivity contribution in [1.29, 1.82) is 0 Å². The first kappa shape index (κ1) is 23.2. The van der Waals surface area contributed by atoms with Crippen molar-refractivity contribution < 1.29 is 4.39 Å². The summed E-state index contributed by atoms with van der Waals surface area (Å²) in [7, 11) is 0. The summed E-state index contributed by atoms with van der Waals surface area (Å²) >= 11 is 5.79. The molecule has 6 heteroatoms. The van der Waals surface area contributed by atoms with Crippen LogP contribution in [0.3, 0.4) is 0 Å². The maximum atomic E-state index is 15.1. The van der Waals surface area contributed by atoms with Crippen LogP contribution in [0.1, 0.15) is 52.8 Å². The van der Waals surface area contributed by atoms with Crippen molar-refractivity contribution in [1.82, 2.24) is 14.9 Å². The van der Waals surface area contributed by atoms with Gasteiger partial charge in [-0.05, 0) is 86.4 Å². The summed E-state index contributed by atoms with van der Waals surface area (Å²) in [6, 6.07) is 20.9. The SMILES string of the molecule is CCc1cccc(C)c1-n1c(C)cc([C@@H]2[C@@H](c3ccccn3)NC(=S)N2c2ccccc2F)c1C. The molecule has 0 amide bonds. The molecular weight excluding hydrogens is 455 g/mol. The first-order chi connectivity index (χ1) is 16.9. The Labute approximate surface area is 211 Å². The van der Waals surface area contributed by atoms with E-state index < -0.39 is 0 Å². The normalized spacial score (nSPS) is 17.6. The van der Waals surface area contributed by atoms with Crippen molar-refractivity contribution in [3.8, 4) is 5.69 Å². The molecular formula is C29H29FN4S. The maximum absolute atomic E-state index is 15.1. The number of rotatable bonds is 5. The van der Waals surface area contributed by atoms with Crippen LogP contribution in [0.15, 0.2) is 72.9 Å². The molecule has 2 aromatic carbocycles. The molecule has 1 N–H and O–H groups in total. The fourth-order valence-electron chi connectivity index (χ4n) is 5.33. The van der Waals surface area contributed by atoms with Crippen LogP contribution in [-0.4, -0.2) is 14.7 Å². The van der Waals surface area contributed by atoms with Gasteiger partial charge in [-0.25, -0.2) is 4.39 Å². The molecule has 2 aromatic heterocycles. The van der Waals surface area contributed by atoms with Gasteiger partial charge in [-0.15, -0.1) is 0 Å². The molecule has 0 unspecified atom stereocenters. The molecule has 1 aliphatic heterocycles. The highest BCUT2D eigenvalue weighted by molar-refractivity contribution is 7.80. The highest BCUT2D eigenvalue weighted by atomic mass is 32.1. The standard InChI is InChI=1S/C29H29FN4S/c1-5-21-12-10-11-18(2)27(21)33-19(3)17-22(20(33)4)28-26(24-14-8-9-16-31-24)32-29(35)34(28)25-15-7-6-13-23(25)30/h6-17,26,28H,5H2,1-4H3,(H,32,35)/t26-,28-/m1/s1. The number of halogens is 1. The van der Waals surface area contributed by atoms with Crippen LogP contribution in [0.4, 0.5) is 10.1 Å². The van der Waals surface area contributed by atoms with E-state index in [2.05, 4.69) is 66.8 Å². The highest BCUT2D eigenvalue weighted by Crippen LogP contribution is 2.44. The fraction of sp³-hybridized carbons (Fsp3) is 0.241. The summed E-state index contributed by atoms with van der Waals surface area (Å²) in [6.45, 7) is 8.61. The summed E-state index contributed by atoms with van der Waals surface area (Å²) in [5, 5.41) is 3.93.